The minimum atomic E-state index is -0.229. The lowest BCUT2D eigenvalue weighted by molar-refractivity contribution is -0.140. The first kappa shape index (κ1) is 14.6. The molecule has 0 saturated heterocycles. The molecule has 1 rings (SSSR count). The maximum atomic E-state index is 11.2. The molecule has 0 radical (unpaired) electrons. The fraction of sp³-hybridized carbons (Fsp3) is 0.545. The summed E-state index contributed by atoms with van der Waals surface area (Å²) in [5.74, 6) is -0.452. The number of ether oxygens (including phenoxy) is 2. The first-order valence-electron chi connectivity index (χ1n) is 5.45. The molecule has 100 valence electrons. The number of nitrogens with one attached hydrogen (secondary N) is 1. The summed E-state index contributed by atoms with van der Waals surface area (Å²) in [4.78, 5) is 26.4. The van der Waals surface area contributed by atoms with Gasteiger partial charge in [0.25, 0.3) is 5.91 Å². The number of methoxy groups -OCH3 is 2. The van der Waals surface area contributed by atoms with E-state index >= 15 is 0 Å². The van der Waals surface area contributed by atoms with E-state index in [0.717, 1.165) is 5.69 Å². The molecule has 6 nitrogen and oxygen atoms in total. The van der Waals surface area contributed by atoms with E-state index in [0.29, 0.717) is 24.4 Å². The molecule has 0 unspecified atom stereocenters. The quantitative estimate of drug-likeness (QED) is 0.755. The average Bonchev–Trinajstić information content (AvgIpc) is 2.76. The van der Waals surface area contributed by atoms with Crippen molar-refractivity contribution in [3.63, 3.8) is 0 Å². The van der Waals surface area contributed by atoms with Crippen molar-refractivity contribution >= 4 is 28.3 Å². The monoisotopic (exact) mass is 272 g/mol. The molecule has 0 saturated carbocycles. The number of anilines is 1. The van der Waals surface area contributed by atoms with Gasteiger partial charge in [-0.3, -0.25) is 14.9 Å². The average molecular weight is 272 g/mol. The van der Waals surface area contributed by atoms with Crippen molar-refractivity contribution in [1.29, 1.82) is 0 Å². The summed E-state index contributed by atoms with van der Waals surface area (Å²) in [5, 5.41) is 5.03. The number of aromatic nitrogens is 1. The van der Waals surface area contributed by atoms with E-state index in [1.54, 1.807) is 0 Å². The SMILES string of the molecule is COCC(=O)Nc1nc(CCCC(=O)OC)cs1. The zero-order chi connectivity index (χ0) is 13.4. The second kappa shape index (κ2) is 7.78. The molecule has 1 amide bonds. The molecule has 7 heteroatoms. The van der Waals surface area contributed by atoms with Crippen molar-refractivity contribution in [2.45, 2.75) is 19.3 Å². The number of rotatable bonds is 7. The minimum Gasteiger partial charge on any atom is -0.469 e. The predicted molar refractivity (Wildman–Crippen MR) is 67.6 cm³/mol. The summed E-state index contributed by atoms with van der Waals surface area (Å²) in [7, 11) is 2.83. The fourth-order valence-corrected chi connectivity index (χ4v) is 2.04. The molecule has 0 aliphatic carbocycles. The molecule has 0 spiro atoms. The van der Waals surface area contributed by atoms with Crippen LogP contribution in [0.3, 0.4) is 0 Å². The van der Waals surface area contributed by atoms with Crippen LogP contribution in [0.1, 0.15) is 18.5 Å². The van der Waals surface area contributed by atoms with Gasteiger partial charge in [0.2, 0.25) is 0 Å². The van der Waals surface area contributed by atoms with E-state index in [1.807, 2.05) is 5.38 Å². The van der Waals surface area contributed by atoms with E-state index in [2.05, 4.69) is 15.0 Å². The highest BCUT2D eigenvalue weighted by atomic mass is 32.1. The van der Waals surface area contributed by atoms with Crippen molar-refractivity contribution in [3.05, 3.63) is 11.1 Å². The molecule has 1 aromatic rings. The smallest absolute Gasteiger partial charge is 0.305 e. The Morgan fingerprint density at radius 2 is 2.22 bits per heavy atom. The fourth-order valence-electron chi connectivity index (χ4n) is 1.28. The number of hydrogen-bond donors (Lipinski definition) is 1. The Morgan fingerprint density at radius 3 is 2.89 bits per heavy atom. The number of amides is 1. The Bertz CT molecular complexity index is 406. The summed E-state index contributed by atoms with van der Waals surface area (Å²) >= 11 is 1.35. The first-order valence-corrected chi connectivity index (χ1v) is 6.33. The van der Waals surface area contributed by atoms with E-state index in [9.17, 15) is 9.59 Å². The van der Waals surface area contributed by atoms with Gasteiger partial charge >= 0.3 is 5.97 Å². The Kier molecular flexibility index (Phi) is 6.31. The predicted octanol–water partition coefficient (Wildman–Crippen LogP) is 1.22. The second-order valence-electron chi connectivity index (χ2n) is 3.55. The summed E-state index contributed by atoms with van der Waals surface area (Å²) in [6.45, 7) is 0.0112. The Hall–Kier alpha value is -1.47. The van der Waals surface area contributed by atoms with Crippen LogP contribution >= 0.6 is 11.3 Å². The largest absolute Gasteiger partial charge is 0.469 e. The molecule has 1 heterocycles. The summed E-state index contributed by atoms with van der Waals surface area (Å²) in [6.07, 6.45) is 1.74. The molecule has 18 heavy (non-hydrogen) atoms. The third-order valence-electron chi connectivity index (χ3n) is 2.12. The summed E-state index contributed by atoms with van der Waals surface area (Å²) in [5.41, 5.74) is 0.858. The summed E-state index contributed by atoms with van der Waals surface area (Å²) < 4.78 is 9.24. The third kappa shape index (κ3) is 5.24. The zero-order valence-corrected chi connectivity index (χ0v) is 11.2. The van der Waals surface area contributed by atoms with Gasteiger partial charge in [-0.1, -0.05) is 0 Å². The Morgan fingerprint density at radius 1 is 1.44 bits per heavy atom. The molecule has 0 bridgehead atoms. The Labute approximate surface area is 109 Å². The zero-order valence-electron chi connectivity index (χ0n) is 10.4. The molecule has 1 N–H and O–H groups in total. The molecule has 0 aliphatic rings. The van der Waals surface area contributed by atoms with Gasteiger partial charge in [-0.05, 0) is 12.8 Å². The van der Waals surface area contributed by atoms with Crippen LogP contribution < -0.4 is 5.32 Å². The van der Waals surface area contributed by atoms with Gasteiger partial charge in [0, 0.05) is 18.9 Å². The normalized spacial score (nSPS) is 10.1. The van der Waals surface area contributed by atoms with Crippen molar-refractivity contribution in [2.75, 3.05) is 26.1 Å². The van der Waals surface area contributed by atoms with Gasteiger partial charge in [0.15, 0.2) is 5.13 Å². The lowest BCUT2D eigenvalue weighted by Gasteiger charge is -1.99. The number of nitrogens with zero attached hydrogens (tertiary/aromatic N) is 1. The van der Waals surface area contributed by atoms with Crippen LogP contribution in [0.15, 0.2) is 5.38 Å². The highest BCUT2D eigenvalue weighted by Crippen LogP contribution is 2.16. The number of thiazole rings is 1. The molecular weight excluding hydrogens is 256 g/mol. The van der Waals surface area contributed by atoms with E-state index in [4.69, 9.17) is 4.74 Å². The number of carbonyl (C=O) groups is 2. The van der Waals surface area contributed by atoms with Gasteiger partial charge in [-0.15, -0.1) is 11.3 Å². The van der Waals surface area contributed by atoms with Crippen molar-refractivity contribution in [3.8, 4) is 0 Å². The molecule has 0 atom stereocenters. The molecule has 0 aliphatic heterocycles. The Balaban J connectivity index is 2.34. The van der Waals surface area contributed by atoms with E-state index in [1.165, 1.54) is 25.6 Å². The van der Waals surface area contributed by atoms with Crippen LogP contribution in [0.5, 0.6) is 0 Å². The highest BCUT2D eigenvalue weighted by Gasteiger charge is 2.07. The van der Waals surface area contributed by atoms with Gasteiger partial charge < -0.3 is 9.47 Å². The van der Waals surface area contributed by atoms with E-state index < -0.39 is 0 Å². The van der Waals surface area contributed by atoms with Crippen LogP contribution in [0.25, 0.3) is 0 Å². The third-order valence-corrected chi connectivity index (χ3v) is 2.92. The number of hydrogen-bond acceptors (Lipinski definition) is 6. The second-order valence-corrected chi connectivity index (χ2v) is 4.41. The number of aryl methyl sites for hydroxylation is 1. The topological polar surface area (TPSA) is 77.5 Å². The first-order chi connectivity index (χ1) is 8.65. The molecule has 0 aromatic carbocycles. The molecule has 1 aromatic heterocycles. The maximum absolute atomic E-state index is 11.2. The number of esters is 1. The van der Waals surface area contributed by atoms with Crippen LogP contribution in [-0.4, -0.2) is 37.7 Å². The van der Waals surface area contributed by atoms with Crippen molar-refractivity contribution < 1.29 is 19.1 Å². The number of carbonyl (C=O) groups excluding carboxylic acids is 2. The standard InChI is InChI=1S/C11H16N2O4S/c1-16-6-9(14)13-11-12-8(7-18-11)4-3-5-10(15)17-2/h7H,3-6H2,1-2H3,(H,12,13,14). The minimum absolute atomic E-state index is 0.0112. The van der Waals surface area contributed by atoms with Gasteiger partial charge in [-0.25, -0.2) is 4.98 Å². The van der Waals surface area contributed by atoms with Crippen molar-refractivity contribution in [1.82, 2.24) is 4.98 Å². The van der Waals surface area contributed by atoms with Crippen molar-refractivity contribution in [2.24, 2.45) is 0 Å². The van der Waals surface area contributed by atoms with E-state index in [-0.39, 0.29) is 18.5 Å². The van der Waals surface area contributed by atoms with Gasteiger partial charge in [0.1, 0.15) is 6.61 Å². The lowest BCUT2D eigenvalue weighted by Crippen LogP contribution is -2.16. The molecule has 0 fully saturated rings. The van der Waals surface area contributed by atoms with Crippen LogP contribution in [0, 0.1) is 0 Å². The van der Waals surface area contributed by atoms with Gasteiger partial charge in [0.05, 0.1) is 12.8 Å². The van der Waals surface area contributed by atoms with Crippen LogP contribution in [0.4, 0.5) is 5.13 Å². The maximum Gasteiger partial charge on any atom is 0.305 e. The van der Waals surface area contributed by atoms with Crippen LogP contribution in [0.2, 0.25) is 0 Å². The molecular formula is C11H16N2O4S. The highest BCUT2D eigenvalue weighted by molar-refractivity contribution is 7.13. The van der Waals surface area contributed by atoms with Gasteiger partial charge in [-0.2, -0.15) is 0 Å². The summed E-state index contributed by atoms with van der Waals surface area (Å²) in [6, 6.07) is 0. The van der Waals surface area contributed by atoms with Crippen LogP contribution in [-0.2, 0) is 25.5 Å². The lowest BCUT2D eigenvalue weighted by atomic mass is 10.2.